The largest absolute Gasteiger partial charge is 0.481 e. The molecule has 1 N–H and O–H groups in total. The predicted molar refractivity (Wildman–Crippen MR) is 29.5 cm³/mol. The molecule has 1 fully saturated rings. The Morgan fingerprint density at radius 2 is 2.25 bits per heavy atom. The van der Waals surface area contributed by atoms with E-state index in [9.17, 15) is 4.79 Å². The van der Waals surface area contributed by atoms with Crippen LogP contribution in [0.1, 0.15) is 19.8 Å². The van der Waals surface area contributed by atoms with Gasteiger partial charge in [0.05, 0.1) is 5.92 Å². The number of rotatable bonds is 2. The van der Waals surface area contributed by atoms with E-state index < -0.39 is 5.97 Å². The van der Waals surface area contributed by atoms with E-state index in [1.165, 1.54) is 0 Å². The van der Waals surface area contributed by atoms with E-state index in [0.717, 1.165) is 12.8 Å². The van der Waals surface area contributed by atoms with E-state index in [1.807, 2.05) is 0 Å². The van der Waals surface area contributed by atoms with E-state index in [2.05, 4.69) is 0 Å². The van der Waals surface area contributed by atoms with E-state index in [1.54, 1.807) is 6.92 Å². The molecule has 2 heteroatoms. The van der Waals surface area contributed by atoms with Gasteiger partial charge in [-0.25, -0.2) is 0 Å². The van der Waals surface area contributed by atoms with Gasteiger partial charge in [-0.1, -0.05) is 6.92 Å². The number of carboxylic acids is 1. The Morgan fingerprint density at radius 3 is 2.38 bits per heavy atom. The highest BCUT2D eigenvalue weighted by Crippen LogP contribution is 2.36. The van der Waals surface area contributed by atoms with Crippen molar-refractivity contribution in [2.75, 3.05) is 0 Å². The van der Waals surface area contributed by atoms with Crippen LogP contribution in [0.5, 0.6) is 0 Å². The molecule has 2 nitrogen and oxygen atoms in total. The van der Waals surface area contributed by atoms with Gasteiger partial charge in [0.1, 0.15) is 0 Å². The van der Waals surface area contributed by atoms with Gasteiger partial charge in [0, 0.05) is 0 Å². The average molecular weight is 114 g/mol. The Morgan fingerprint density at radius 1 is 1.75 bits per heavy atom. The van der Waals surface area contributed by atoms with Crippen molar-refractivity contribution in [3.05, 3.63) is 0 Å². The second kappa shape index (κ2) is 1.77. The summed E-state index contributed by atoms with van der Waals surface area (Å²) < 4.78 is 0. The third kappa shape index (κ3) is 0.997. The SMILES string of the molecule is C[C@H](C(=O)O)C1CC1. The second-order valence-corrected chi connectivity index (χ2v) is 2.46. The van der Waals surface area contributed by atoms with E-state index in [0.29, 0.717) is 5.92 Å². The van der Waals surface area contributed by atoms with Gasteiger partial charge in [-0.3, -0.25) is 4.79 Å². The fraction of sp³-hybridized carbons (Fsp3) is 0.833. The van der Waals surface area contributed by atoms with Gasteiger partial charge in [0.25, 0.3) is 0 Å². The third-order valence-corrected chi connectivity index (χ3v) is 1.72. The van der Waals surface area contributed by atoms with Gasteiger partial charge >= 0.3 is 5.97 Å². The minimum Gasteiger partial charge on any atom is -0.481 e. The molecule has 0 unspecified atom stereocenters. The van der Waals surface area contributed by atoms with Crippen LogP contribution >= 0.6 is 0 Å². The third-order valence-electron chi connectivity index (χ3n) is 1.72. The highest BCUT2D eigenvalue weighted by atomic mass is 16.4. The number of hydrogen-bond acceptors (Lipinski definition) is 1. The van der Waals surface area contributed by atoms with Crippen molar-refractivity contribution in [3.8, 4) is 0 Å². The van der Waals surface area contributed by atoms with E-state index in [4.69, 9.17) is 5.11 Å². The molecule has 0 aromatic rings. The van der Waals surface area contributed by atoms with Gasteiger partial charge in [-0.2, -0.15) is 0 Å². The molecule has 1 aliphatic carbocycles. The van der Waals surface area contributed by atoms with Crippen LogP contribution < -0.4 is 0 Å². The lowest BCUT2D eigenvalue weighted by molar-refractivity contribution is -0.141. The Bertz CT molecular complexity index is 105. The van der Waals surface area contributed by atoms with E-state index in [-0.39, 0.29) is 5.92 Å². The monoisotopic (exact) mass is 114 g/mol. The molecule has 0 spiro atoms. The first-order chi connectivity index (χ1) is 3.72. The Kier molecular flexibility index (Phi) is 1.24. The summed E-state index contributed by atoms with van der Waals surface area (Å²) in [4.78, 5) is 10.2. The Hall–Kier alpha value is -0.530. The normalized spacial score (nSPS) is 22.6. The number of aliphatic carboxylic acids is 1. The summed E-state index contributed by atoms with van der Waals surface area (Å²) in [6.45, 7) is 1.78. The zero-order valence-electron chi connectivity index (χ0n) is 4.92. The zero-order valence-corrected chi connectivity index (χ0v) is 4.92. The lowest BCUT2D eigenvalue weighted by atomic mass is 10.1. The molecule has 1 aliphatic rings. The molecule has 0 aliphatic heterocycles. The maximum absolute atomic E-state index is 10.2. The summed E-state index contributed by atoms with van der Waals surface area (Å²) in [7, 11) is 0. The van der Waals surface area contributed by atoms with Crippen LogP contribution in [0, 0.1) is 11.8 Å². The summed E-state index contributed by atoms with van der Waals surface area (Å²) in [6, 6.07) is 0. The smallest absolute Gasteiger partial charge is 0.306 e. The van der Waals surface area contributed by atoms with Crippen LogP contribution in [-0.4, -0.2) is 11.1 Å². The fourth-order valence-corrected chi connectivity index (χ4v) is 0.798. The van der Waals surface area contributed by atoms with Crippen molar-refractivity contribution < 1.29 is 9.90 Å². The molecule has 0 radical (unpaired) electrons. The molecule has 1 atom stereocenters. The topological polar surface area (TPSA) is 37.3 Å². The molecular formula is C6H10O2. The summed E-state index contributed by atoms with van der Waals surface area (Å²) in [5.41, 5.74) is 0. The number of carbonyl (C=O) groups is 1. The van der Waals surface area contributed by atoms with Crippen LogP contribution in [-0.2, 0) is 4.79 Å². The Labute approximate surface area is 48.5 Å². The van der Waals surface area contributed by atoms with Crippen LogP contribution in [0.15, 0.2) is 0 Å². The van der Waals surface area contributed by atoms with Gasteiger partial charge in [-0.05, 0) is 18.8 Å². The van der Waals surface area contributed by atoms with Crippen molar-refractivity contribution in [1.29, 1.82) is 0 Å². The lowest BCUT2D eigenvalue weighted by Crippen LogP contribution is -2.10. The van der Waals surface area contributed by atoms with Crippen LogP contribution in [0.2, 0.25) is 0 Å². The molecule has 1 rings (SSSR count). The maximum Gasteiger partial charge on any atom is 0.306 e. The highest BCUT2D eigenvalue weighted by Gasteiger charge is 2.32. The van der Waals surface area contributed by atoms with Crippen LogP contribution in [0.25, 0.3) is 0 Å². The van der Waals surface area contributed by atoms with Gasteiger partial charge < -0.3 is 5.11 Å². The molecule has 8 heavy (non-hydrogen) atoms. The molecule has 0 aromatic heterocycles. The molecule has 0 saturated heterocycles. The summed E-state index contributed by atoms with van der Waals surface area (Å²) in [5.74, 6) is -0.255. The van der Waals surface area contributed by atoms with Crippen molar-refractivity contribution in [2.24, 2.45) is 11.8 Å². The number of carboxylic acid groups (broad SMARTS) is 1. The molecule has 0 aromatic carbocycles. The molecule has 0 amide bonds. The predicted octanol–water partition coefficient (Wildman–Crippen LogP) is 1.12. The van der Waals surface area contributed by atoms with E-state index >= 15 is 0 Å². The Balaban J connectivity index is 2.32. The van der Waals surface area contributed by atoms with Gasteiger partial charge in [-0.15, -0.1) is 0 Å². The first-order valence-corrected chi connectivity index (χ1v) is 2.94. The fourth-order valence-electron chi connectivity index (χ4n) is 0.798. The first kappa shape index (κ1) is 5.60. The minimum absolute atomic E-state index is 0.102. The quantitative estimate of drug-likeness (QED) is 0.584. The lowest BCUT2D eigenvalue weighted by Gasteiger charge is -1.99. The van der Waals surface area contributed by atoms with Gasteiger partial charge in [0.15, 0.2) is 0 Å². The zero-order chi connectivity index (χ0) is 6.15. The minimum atomic E-state index is -0.646. The first-order valence-electron chi connectivity index (χ1n) is 2.94. The van der Waals surface area contributed by atoms with Gasteiger partial charge in [0.2, 0.25) is 0 Å². The molecule has 46 valence electrons. The standard InChI is InChI=1S/C6H10O2/c1-4(6(7)8)5-2-3-5/h4-5H,2-3H2,1H3,(H,7,8)/t4-/m0/s1. The molecule has 0 bridgehead atoms. The maximum atomic E-state index is 10.2. The number of hydrogen-bond donors (Lipinski definition) is 1. The second-order valence-electron chi connectivity index (χ2n) is 2.46. The molecule has 1 saturated carbocycles. The van der Waals surface area contributed by atoms with Crippen molar-refractivity contribution in [1.82, 2.24) is 0 Å². The van der Waals surface area contributed by atoms with Crippen LogP contribution in [0.3, 0.4) is 0 Å². The van der Waals surface area contributed by atoms with Crippen molar-refractivity contribution in [3.63, 3.8) is 0 Å². The molecule has 0 heterocycles. The van der Waals surface area contributed by atoms with Crippen molar-refractivity contribution >= 4 is 5.97 Å². The average Bonchev–Trinajstić information content (AvgIpc) is 2.43. The highest BCUT2D eigenvalue weighted by molar-refractivity contribution is 5.70. The summed E-state index contributed by atoms with van der Waals surface area (Å²) in [6.07, 6.45) is 2.24. The summed E-state index contributed by atoms with van der Waals surface area (Å²) >= 11 is 0. The van der Waals surface area contributed by atoms with Crippen molar-refractivity contribution in [2.45, 2.75) is 19.8 Å². The van der Waals surface area contributed by atoms with Crippen LogP contribution in [0.4, 0.5) is 0 Å². The molecular weight excluding hydrogens is 104 g/mol. The summed E-state index contributed by atoms with van der Waals surface area (Å²) in [5, 5.41) is 8.39.